The highest BCUT2D eigenvalue weighted by atomic mass is 16.6. The number of ether oxygens (including phenoxy) is 2. The van der Waals surface area contributed by atoms with Gasteiger partial charge < -0.3 is 9.47 Å². The highest BCUT2D eigenvalue weighted by Gasteiger charge is 2.26. The van der Waals surface area contributed by atoms with E-state index in [1.807, 2.05) is 12.1 Å². The second-order valence-electron chi connectivity index (χ2n) is 2.44. The van der Waals surface area contributed by atoms with E-state index in [0.717, 1.165) is 18.1 Å². The summed E-state index contributed by atoms with van der Waals surface area (Å²) in [5.41, 5.74) is 0.962. The predicted molar refractivity (Wildman–Crippen MR) is 39.5 cm³/mol. The van der Waals surface area contributed by atoms with E-state index < -0.39 is 0 Å². The highest BCUT2D eigenvalue weighted by Crippen LogP contribution is 2.29. The summed E-state index contributed by atoms with van der Waals surface area (Å²) in [5.74, 6) is 0.838. The van der Waals surface area contributed by atoms with Gasteiger partial charge in [0, 0.05) is 12.3 Å². The molecule has 11 heavy (non-hydrogen) atoms. The smallest absolute Gasteiger partial charge is 0.123 e. The monoisotopic (exact) mass is 151 g/mol. The van der Waals surface area contributed by atoms with Crippen LogP contribution in [0.25, 0.3) is 0 Å². The van der Waals surface area contributed by atoms with E-state index in [4.69, 9.17) is 9.47 Å². The highest BCUT2D eigenvalue weighted by molar-refractivity contribution is 5.24. The Labute approximate surface area is 65.0 Å². The van der Waals surface area contributed by atoms with Crippen molar-refractivity contribution in [3.05, 3.63) is 24.0 Å². The third-order valence-corrected chi connectivity index (χ3v) is 1.65. The fourth-order valence-corrected chi connectivity index (χ4v) is 0.950. The molecule has 0 saturated carbocycles. The van der Waals surface area contributed by atoms with E-state index in [1.54, 1.807) is 13.3 Å². The molecule has 2 rings (SSSR count). The molecule has 1 aromatic rings. The van der Waals surface area contributed by atoms with Crippen molar-refractivity contribution in [1.82, 2.24) is 4.98 Å². The van der Waals surface area contributed by atoms with Crippen LogP contribution in [0.3, 0.4) is 0 Å². The minimum Gasteiger partial charge on any atom is -0.497 e. The number of methoxy groups -OCH3 is 1. The number of pyridine rings is 1. The fraction of sp³-hybridized carbons (Fsp3) is 0.375. The molecular formula is C8H9NO2. The summed E-state index contributed by atoms with van der Waals surface area (Å²) in [4.78, 5) is 4.14. The first-order valence-corrected chi connectivity index (χ1v) is 3.51. The fourth-order valence-electron chi connectivity index (χ4n) is 0.950. The lowest BCUT2D eigenvalue weighted by Crippen LogP contribution is -1.88. The van der Waals surface area contributed by atoms with Gasteiger partial charge in [0.15, 0.2) is 0 Å². The molecule has 2 heterocycles. The predicted octanol–water partition coefficient (Wildman–Crippen LogP) is 1.16. The maximum atomic E-state index is 5.08. The van der Waals surface area contributed by atoms with Crippen LogP contribution in [0.5, 0.6) is 5.75 Å². The lowest BCUT2D eigenvalue weighted by Gasteiger charge is -1.99. The molecule has 0 aromatic carbocycles. The van der Waals surface area contributed by atoms with Crippen molar-refractivity contribution in [1.29, 1.82) is 0 Å². The molecule has 1 fully saturated rings. The average molecular weight is 151 g/mol. The largest absolute Gasteiger partial charge is 0.497 e. The molecule has 0 bridgehead atoms. The van der Waals surface area contributed by atoms with E-state index >= 15 is 0 Å². The van der Waals surface area contributed by atoms with Crippen molar-refractivity contribution in [3.63, 3.8) is 0 Å². The minimum absolute atomic E-state index is 0.213. The Morgan fingerprint density at radius 3 is 3.18 bits per heavy atom. The maximum Gasteiger partial charge on any atom is 0.123 e. The summed E-state index contributed by atoms with van der Waals surface area (Å²) in [6.07, 6.45) is 1.95. The van der Waals surface area contributed by atoms with Crippen LogP contribution in [0.1, 0.15) is 11.8 Å². The van der Waals surface area contributed by atoms with Gasteiger partial charge in [-0.05, 0) is 6.07 Å². The molecule has 0 radical (unpaired) electrons. The van der Waals surface area contributed by atoms with Crippen molar-refractivity contribution in [2.75, 3.05) is 13.7 Å². The molecule has 1 aliphatic heterocycles. The number of aromatic nitrogens is 1. The molecule has 1 aliphatic rings. The number of hydrogen-bond donors (Lipinski definition) is 0. The van der Waals surface area contributed by atoms with E-state index in [9.17, 15) is 0 Å². The second kappa shape index (κ2) is 2.51. The number of rotatable bonds is 2. The molecule has 1 atom stereocenters. The van der Waals surface area contributed by atoms with Gasteiger partial charge in [-0.2, -0.15) is 0 Å². The van der Waals surface area contributed by atoms with Crippen LogP contribution in [-0.2, 0) is 4.74 Å². The van der Waals surface area contributed by atoms with E-state index in [2.05, 4.69) is 4.98 Å². The number of hydrogen-bond acceptors (Lipinski definition) is 3. The van der Waals surface area contributed by atoms with Crippen molar-refractivity contribution in [2.45, 2.75) is 6.10 Å². The van der Waals surface area contributed by atoms with Gasteiger partial charge in [0.05, 0.1) is 19.4 Å². The lowest BCUT2D eigenvalue weighted by atomic mass is 10.3. The molecule has 0 amide bonds. The van der Waals surface area contributed by atoms with Crippen molar-refractivity contribution >= 4 is 0 Å². The van der Waals surface area contributed by atoms with Crippen LogP contribution in [0.15, 0.2) is 18.3 Å². The number of nitrogens with zero attached hydrogens (tertiary/aromatic N) is 1. The molecular weight excluding hydrogens is 142 g/mol. The lowest BCUT2D eigenvalue weighted by molar-refractivity contribution is 0.400. The Morgan fingerprint density at radius 1 is 1.73 bits per heavy atom. The topological polar surface area (TPSA) is 34.6 Å². The Balaban J connectivity index is 2.26. The molecule has 0 unspecified atom stereocenters. The van der Waals surface area contributed by atoms with Gasteiger partial charge in [-0.25, -0.2) is 0 Å². The molecule has 1 saturated heterocycles. The minimum atomic E-state index is 0.213. The Kier molecular flexibility index (Phi) is 1.51. The summed E-state index contributed by atoms with van der Waals surface area (Å²) in [5, 5.41) is 0. The summed E-state index contributed by atoms with van der Waals surface area (Å²) >= 11 is 0. The van der Waals surface area contributed by atoms with Gasteiger partial charge in [0.2, 0.25) is 0 Å². The van der Waals surface area contributed by atoms with Crippen LogP contribution in [0, 0.1) is 0 Å². The quantitative estimate of drug-likeness (QED) is 0.595. The van der Waals surface area contributed by atoms with Crippen LogP contribution < -0.4 is 4.74 Å². The summed E-state index contributed by atoms with van der Waals surface area (Å²) < 4.78 is 10.1. The van der Waals surface area contributed by atoms with Crippen LogP contribution in [0.2, 0.25) is 0 Å². The summed E-state index contributed by atoms with van der Waals surface area (Å²) in [6, 6.07) is 3.73. The van der Waals surface area contributed by atoms with Gasteiger partial charge in [-0.15, -0.1) is 0 Å². The molecule has 3 nitrogen and oxygen atoms in total. The Morgan fingerprint density at radius 2 is 2.55 bits per heavy atom. The first kappa shape index (κ1) is 6.61. The zero-order valence-corrected chi connectivity index (χ0v) is 6.28. The Hall–Kier alpha value is -1.09. The van der Waals surface area contributed by atoms with Crippen LogP contribution in [0.4, 0.5) is 0 Å². The second-order valence-corrected chi connectivity index (χ2v) is 2.44. The van der Waals surface area contributed by atoms with Gasteiger partial charge in [-0.3, -0.25) is 4.98 Å². The molecule has 0 spiro atoms. The standard InChI is InChI=1S/C8H9NO2/c1-10-6-2-3-9-7(4-6)8-5-11-8/h2-4,8H,5H2,1H3/t8-/m1/s1. The maximum absolute atomic E-state index is 5.08. The van der Waals surface area contributed by atoms with Crippen molar-refractivity contribution in [3.8, 4) is 5.75 Å². The van der Waals surface area contributed by atoms with E-state index in [-0.39, 0.29) is 6.10 Å². The summed E-state index contributed by atoms with van der Waals surface area (Å²) in [6.45, 7) is 0.792. The molecule has 1 aromatic heterocycles. The van der Waals surface area contributed by atoms with Gasteiger partial charge in [0.25, 0.3) is 0 Å². The van der Waals surface area contributed by atoms with Crippen LogP contribution >= 0.6 is 0 Å². The van der Waals surface area contributed by atoms with Gasteiger partial charge in [-0.1, -0.05) is 0 Å². The summed E-state index contributed by atoms with van der Waals surface area (Å²) in [7, 11) is 1.65. The molecule has 0 N–H and O–H groups in total. The molecule has 58 valence electrons. The van der Waals surface area contributed by atoms with Crippen LogP contribution in [-0.4, -0.2) is 18.7 Å². The SMILES string of the molecule is COc1ccnc([C@H]2CO2)c1. The normalized spacial score (nSPS) is 21.4. The number of epoxide rings is 1. The third-order valence-electron chi connectivity index (χ3n) is 1.65. The van der Waals surface area contributed by atoms with Crippen molar-refractivity contribution in [2.24, 2.45) is 0 Å². The Bertz CT molecular complexity index is 258. The zero-order valence-electron chi connectivity index (χ0n) is 6.28. The van der Waals surface area contributed by atoms with E-state index in [1.165, 1.54) is 0 Å². The zero-order chi connectivity index (χ0) is 7.68. The first-order chi connectivity index (χ1) is 5.40. The average Bonchev–Trinajstić information content (AvgIpc) is 2.87. The van der Waals surface area contributed by atoms with E-state index in [0.29, 0.717) is 0 Å². The third kappa shape index (κ3) is 1.33. The van der Waals surface area contributed by atoms with Gasteiger partial charge >= 0.3 is 0 Å². The molecule has 0 aliphatic carbocycles. The van der Waals surface area contributed by atoms with Gasteiger partial charge in [0.1, 0.15) is 11.9 Å². The first-order valence-electron chi connectivity index (χ1n) is 3.51. The molecule has 3 heteroatoms. The van der Waals surface area contributed by atoms with Crippen molar-refractivity contribution < 1.29 is 9.47 Å².